The maximum atomic E-state index is 12.4. The number of aromatic hydroxyl groups is 1. The third kappa shape index (κ3) is 3.71. The second kappa shape index (κ2) is 8.17. The molecule has 2 heterocycles. The molecular formula is C20H22N4O5. The maximum absolute atomic E-state index is 12.4. The van der Waals surface area contributed by atoms with Crippen LogP contribution in [0.1, 0.15) is 37.4 Å². The Balaban J connectivity index is 2.11. The molecule has 0 radical (unpaired) electrons. The number of nitrogens with one attached hydrogen (secondary N) is 1. The van der Waals surface area contributed by atoms with E-state index in [0.717, 1.165) is 10.1 Å². The van der Waals surface area contributed by atoms with E-state index in [2.05, 4.69) is 16.7 Å². The zero-order valence-electron chi connectivity index (χ0n) is 16.2. The van der Waals surface area contributed by atoms with Crippen LogP contribution in [0.15, 0.2) is 51.6 Å². The number of para-hydroxylation sites is 1. The van der Waals surface area contributed by atoms with Crippen molar-refractivity contribution in [3.05, 3.63) is 68.9 Å². The van der Waals surface area contributed by atoms with Gasteiger partial charge in [-0.15, -0.1) is 6.58 Å². The van der Waals surface area contributed by atoms with Gasteiger partial charge in [-0.3, -0.25) is 19.1 Å². The predicted molar refractivity (Wildman–Crippen MR) is 107 cm³/mol. The lowest BCUT2D eigenvalue weighted by Crippen LogP contribution is -2.33. The number of hydrazone groups is 1. The van der Waals surface area contributed by atoms with Crippen molar-refractivity contribution in [1.29, 1.82) is 0 Å². The van der Waals surface area contributed by atoms with Crippen LogP contribution in [0.2, 0.25) is 0 Å². The van der Waals surface area contributed by atoms with Gasteiger partial charge in [-0.2, -0.15) is 5.10 Å². The van der Waals surface area contributed by atoms with E-state index >= 15 is 0 Å². The number of benzene rings is 1. The number of rotatable bonds is 6. The molecule has 0 spiro atoms. The van der Waals surface area contributed by atoms with Gasteiger partial charge in [0.2, 0.25) is 11.8 Å². The molecular weight excluding hydrogens is 376 g/mol. The Morgan fingerprint density at radius 2 is 2.14 bits per heavy atom. The molecule has 152 valence electrons. The van der Waals surface area contributed by atoms with E-state index < -0.39 is 23.2 Å². The standard InChI is InChI=1S/C20H22N4O5/c1-4-10-23-19(27)17(18(26)21-20(23)28)14-11-15(24(22-14)12(3)25)13-8-6-7-9-16(13)29-5-2/h4,6-9,15,27H,1,5,10-11H2,2-3H3,(H,21,26,28)/t15-/m1/s1. The summed E-state index contributed by atoms with van der Waals surface area (Å²) in [6, 6.07) is 6.76. The minimum Gasteiger partial charge on any atom is -0.494 e. The molecule has 1 atom stereocenters. The van der Waals surface area contributed by atoms with E-state index in [0.29, 0.717) is 12.4 Å². The highest BCUT2D eigenvalue weighted by Crippen LogP contribution is 2.37. The molecule has 29 heavy (non-hydrogen) atoms. The number of H-pyrrole nitrogens is 1. The van der Waals surface area contributed by atoms with Crippen molar-refractivity contribution in [1.82, 2.24) is 14.6 Å². The van der Waals surface area contributed by atoms with Crippen LogP contribution in [0.25, 0.3) is 0 Å². The first kappa shape index (κ1) is 20.1. The lowest BCUT2D eigenvalue weighted by atomic mass is 9.98. The molecule has 2 aromatic rings. The van der Waals surface area contributed by atoms with Crippen molar-refractivity contribution in [3.8, 4) is 11.6 Å². The Bertz CT molecular complexity index is 1100. The van der Waals surface area contributed by atoms with Crippen LogP contribution in [0.5, 0.6) is 11.6 Å². The summed E-state index contributed by atoms with van der Waals surface area (Å²) in [5, 5.41) is 16.1. The van der Waals surface area contributed by atoms with E-state index in [-0.39, 0.29) is 30.1 Å². The largest absolute Gasteiger partial charge is 0.494 e. The number of nitrogens with zero attached hydrogens (tertiary/aromatic N) is 3. The molecule has 0 fully saturated rings. The van der Waals surface area contributed by atoms with E-state index in [4.69, 9.17) is 4.74 Å². The normalized spacial score (nSPS) is 15.9. The minimum atomic E-state index is -0.770. The molecule has 0 saturated carbocycles. The number of hydrogen-bond acceptors (Lipinski definition) is 6. The van der Waals surface area contributed by atoms with Gasteiger partial charge < -0.3 is 9.84 Å². The smallest absolute Gasteiger partial charge is 0.331 e. The van der Waals surface area contributed by atoms with Gasteiger partial charge >= 0.3 is 5.69 Å². The number of aromatic amines is 1. The summed E-state index contributed by atoms with van der Waals surface area (Å²) in [5.74, 6) is -0.233. The molecule has 1 aliphatic heterocycles. The molecule has 9 heteroatoms. The summed E-state index contributed by atoms with van der Waals surface area (Å²) < 4.78 is 6.65. The Hall–Kier alpha value is -3.62. The van der Waals surface area contributed by atoms with Gasteiger partial charge in [-0.1, -0.05) is 24.3 Å². The number of ether oxygens (including phenoxy) is 1. The molecule has 1 aliphatic rings. The summed E-state index contributed by atoms with van der Waals surface area (Å²) >= 11 is 0. The van der Waals surface area contributed by atoms with Crippen molar-refractivity contribution >= 4 is 11.6 Å². The number of amides is 1. The molecule has 1 amide bonds. The van der Waals surface area contributed by atoms with E-state index in [1.165, 1.54) is 18.0 Å². The van der Waals surface area contributed by atoms with Crippen molar-refractivity contribution < 1.29 is 14.6 Å². The van der Waals surface area contributed by atoms with Crippen LogP contribution in [-0.2, 0) is 11.3 Å². The average Bonchev–Trinajstić information content (AvgIpc) is 3.11. The molecule has 2 N–H and O–H groups in total. The van der Waals surface area contributed by atoms with Crippen molar-refractivity contribution in [2.75, 3.05) is 6.61 Å². The molecule has 9 nitrogen and oxygen atoms in total. The topological polar surface area (TPSA) is 117 Å². The van der Waals surface area contributed by atoms with E-state index in [1.54, 1.807) is 6.07 Å². The third-order valence-electron chi connectivity index (χ3n) is 4.58. The fraction of sp³-hybridized carbons (Fsp3) is 0.300. The van der Waals surface area contributed by atoms with Gasteiger partial charge in [0.05, 0.1) is 18.4 Å². The van der Waals surface area contributed by atoms with Crippen LogP contribution >= 0.6 is 0 Å². The van der Waals surface area contributed by atoms with E-state index in [9.17, 15) is 19.5 Å². The Labute approximate surface area is 166 Å². The fourth-order valence-electron chi connectivity index (χ4n) is 3.35. The summed E-state index contributed by atoms with van der Waals surface area (Å²) in [6.45, 7) is 7.22. The van der Waals surface area contributed by atoms with Gasteiger partial charge in [0.25, 0.3) is 5.56 Å². The minimum absolute atomic E-state index is 0.00868. The first-order valence-corrected chi connectivity index (χ1v) is 9.15. The zero-order chi connectivity index (χ0) is 21.1. The average molecular weight is 398 g/mol. The van der Waals surface area contributed by atoms with Crippen LogP contribution in [0.3, 0.4) is 0 Å². The number of carbonyl (C=O) groups is 1. The fourth-order valence-corrected chi connectivity index (χ4v) is 3.35. The number of allylic oxidation sites excluding steroid dienone is 1. The molecule has 1 aromatic carbocycles. The van der Waals surface area contributed by atoms with Gasteiger partial charge in [-0.25, -0.2) is 9.80 Å². The summed E-state index contributed by atoms with van der Waals surface area (Å²) in [7, 11) is 0. The monoisotopic (exact) mass is 398 g/mol. The highest BCUT2D eigenvalue weighted by molar-refractivity contribution is 6.04. The van der Waals surface area contributed by atoms with Crippen molar-refractivity contribution in [2.45, 2.75) is 32.9 Å². The van der Waals surface area contributed by atoms with Crippen molar-refractivity contribution in [2.24, 2.45) is 5.10 Å². The highest BCUT2D eigenvalue weighted by Gasteiger charge is 2.35. The van der Waals surface area contributed by atoms with Gasteiger partial charge in [0.1, 0.15) is 11.3 Å². The number of hydrogen-bond donors (Lipinski definition) is 2. The van der Waals surface area contributed by atoms with E-state index in [1.807, 2.05) is 25.1 Å². The molecule has 0 aliphatic carbocycles. The Morgan fingerprint density at radius 1 is 1.41 bits per heavy atom. The summed E-state index contributed by atoms with van der Waals surface area (Å²) in [5.41, 5.74) is -0.731. The van der Waals surface area contributed by atoms with Gasteiger partial charge in [0, 0.05) is 25.5 Å². The second-order valence-corrected chi connectivity index (χ2v) is 6.46. The summed E-state index contributed by atoms with van der Waals surface area (Å²) in [4.78, 5) is 38.8. The second-order valence-electron chi connectivity index (χ2n) is 6.46. The van der Waals surface area contributed by atoms with Gasteiger partial charge in [-0.05, 0) is 13.0 Å². The quantitative estimate of drug-likeness (QED) is 0.716. The SMILES string of the molecule is C=CCn1c(O)c(C2=NN(C(C)=O)[C@@H](c3ccccc3OCC)C2)c(=O)[nH]c1=O. The number of carbonyl (C=O) groups excluding carboxylic acids is 1. The van der Waals surface area contributed by atoms with Gasteiger partial charge in [0.15, 0.2) is 0 Å². The lowest BCUT2D eigenvalue weighted by Gasteiger charge is -2.22. The zero-order valence-corrected chi connectivity index (χ0v) is 16.2. The van der Waals surface area contributed by atoms with Crippen LogP contribution < -0.4 is 16.0 Å². The third-order valence-corrected chi connectivity index (χ3v) is 4.58. The lowest BCUT2D eigenvalue weighted by molar-refractivity contribution is -0.130. The molecule has 1 aromatic heterocycles. The molecule has 0 saturated heterocycles. The van der Waals surface area contributed by atoms with Crippen LogP contribution in [0.4, 0.5) is 0 Å². The Morgan fingerprint density at radius 3 is 2.79 bits per heavy atom. The number of aromatic nitrogens is 2. The Kier molecular flexibility index (Phi) is 5.67. The first-order valence-electron chi connectivity index (χ1n) is 9.15. The maximum Gasteiger partial charge on any atom is 0.331 e. The molecule has 0 unspecified atom stereocenters. The molecule has 3 rings (SSSR count). The van der Waals surface area contributed by atoms with Crippen molar-refractivity contribution in [3.63, 3.8) is 0 Å². The highest BCUT2D eigenvalue weighted by atomic mass is 16.5. The predicted octanol–water partition coefficient (Wildman–Crippen LogP) is 1.52. The molecule has 0 bridgehead atoms. The summed E-state index contributed by atoms with van der Waals surface area (Å²) in [6.07, 6.45) is 1.59. The van der Waals surface area contributed by atoms with Crippen LogP contribution in [0, 0.1) is 0 Å². The first-order chi connectivity index (χ1) is 13.9. The van der Waals surface area contributed by atoms with Crippen LogP contribution in [-0.4, -0.2) is 37.9 Å².